The summed E-state index contributed by atoms with van der Waals surface area (Å²) < 4.78 is 0. The van der Waals surface area contributed by atoms with Gasteiger partial charge in [0, 0.05) is 32.1 Å². The summed E-state index contributed by atoms with van der Waals surface area (Å²) in [5.41, 5.74) is 1.13. The summed E-state index contributed by atoms with van der Waals surface area (Å²) in [5, 5.41) is 4.10. The molecule has 3 aliphatic rings. The highest BCUT2D eigenvalue weighted by atomic mass is 32.1. The Morgan fingerprint density at radius 3 is 2.78 bits per heavy atom. The van der Waals surface area contributed by atoms with Crippen molar-refractivity contribution in [3.05, 3.63) is 22.4 Å². The molecule has 2 saturated heterocycles. The second-order valence-electron chi connectivity index (χ2n) is 8.68. The molecule has 3 heterocycles. The number of hydrogen-bond donors (Lipinski definition) is 0. The van der Waals surface area contributed by atoms with Crippen LogP contribution in [0.5, 0.6) is 0 Å². The lowest BCUT2D eigenvalue weighted by Crippen LogP contribution is -2.57. The maximum atomic E-state index is 12.7. The van der Waals surface area contributed by atoms with Gasteiger partial charge in [-0.3, -0.25) is 9.59 Å². The van der Waals surface area contributed by atoms with Crippen molar-refractivity contribution < 1.29 is 9.59 Å². The van der Waals surface area contributed by atoms with Crippen LogP contribution in [0.4, 0.5) is 0 Å². The van der Waals surface area contributed by atoms with Crippen molar-refractivity contribution >= 4 is 23.2 Å². The van der Waals surface area contributed by atoms with Crippen molar-refractivity contribution in [2.24, 2.45) is 11.8 Å². The molecule has 5 heteroatoms. The van der Waals surface area contributed by atoms with Crippen LogP contribution in [0, 0.1) is 11.8 Å². The Morgan fingerprint density at radius 1 is 1.15 bits per heavy atom. The summed E-state index contributed by atoms with van der Waals surface area (Å²) in [6.45, 7) is 2.58. The van der Waals surface area contributed by atoms with Crippen LogP contribution >= 0.6 is 11.3 Å². The average Bonchev–Trinajstić information content (AvgIpc) is 3.20. The molecule has 2 aliphatic heterocycles. The van der Waals surface area contributed by atoms with Crippen LogP contribution in [0.3, 0.4) is 0 Å². The summed E-state index contributed by atoms with van der Waals surface area (Å²) in [7, 11) is 0. The zero-order valence-corrected chi connectivity index (χ0v) is 17.1. The van der Waals surface area contributed by atoms with Gasteiger partial charge in [-0.15, -0.1) is 0 Å². The second-order valence-corrected chi connectivity index (χ2v) is 9.46. The van der Waals surface area contributed by atoms with Gasteiger partial charge < -0.3 is 9.80 Å². The van der Waals surface area contributed by atoms with E-state index in [4.69, 9.17) is 0 Å². The van der Waals surface area contributed by atoms with Gasteiger partial charge in [0.05, 0.1) is 6.42 Å². The van der Waals surface area contributed by atoms with Gasteiger partial charge in [-0.05, 0) is 53.5 Å². The first-order valence-electron chi connectivity index (χ1n) is 10.8. The summed E-state index contributed by atoms with van der Waals surface area (Å²) in [6, 6.07) is 2.40. The first-order valence-corrected chi connectivity index (χ1v) is 11.7. The van der Waals surface area contributed by atoms with Crippen LogP contribution in [0.15, 0.2) is 16.8 Å². The Labute approximate surface area is 166 Å². The molecule has 0 unspecified atom stereocenters. The molecule has 0 bridgehead atoms. The Morgan fingerprint density at radius 2 is 2.00 bits per heavy atom. The van der Waals surface area contributed by atoms with Gasteiger partial charge in [-0.1, -0.05) is 32.1 Å². The maximum absolute atomic E-state index is 12.7. The van der Waals surface area contributed by atoms with Crippen LogP contribution in [-0.4, -0.2) is 47.3 Å². The predicted molar refractivity (Wildman–Crippen MR) is 109 cm³/mol. The van der Waals surface area contributed by atoms with Gasteiger partial charge >= 0.3 is 0 Å². The molecule has 1 aromatic heterocycles. The normalized spacial score (nSPS) is 26.9. The van der Waals surface area contributed by atoms with E-state index in [0.717, 1.165) is 44.0 Å². The number of nitrogens with zero attached hydrogens (tertiary/aromatic N) is 2. The summed E-state index contributed by atoms with van der Waals surface area (Å²) in [5.74, 6) is 1.89. The van der Waals surface area contributed by atoms with Gasteiger partial charge in [-0.2, -0.15) is 11.3 Å². The maximum Gasteiger partial charge on any atom is 0.227 e. The van der Waals surface area contributed by atoms with E-state index in [1.807, 2.05) is 16.3 Å². The molecule has 27 heavy (non-hydrogen) atoms. The van der Waals surface area contributed by atoms with Crippen LogP contribution in [0.25, 0.3) is 0 Å². The number of amides is 2. The number of rotatable bonds is 5. The molecular formula is C22H32N2O2S. The first-order chi connectivity index (χ1) is 13.2. The van der Waals surface area contributed by atoms with E-state index >= 15 is 0 Å². The third kappa shape index (κ3) is 4.56. The fraction of sp³-hybridized carbons (Fsp3) is 0.727. The molecule has 1 aliphatic carbocycles. The topological polar surface area (TPSA) is 40.6 Å². The standard InChI is InChI=1S/C22H32N2O2S/c25-21-7-6-19-15-23(22(26)14-18-10-13-27-16-18)11-9-20(19)24(21)12-8-17-4-2-1-3-5-17/h10,13,16-17,19-20H,1-9,11-12,14-15H2/t19-,20+/m1/s1. The van der Waals surface area contributed by atoms with E-state index < -0.39 is 0 Å². The molecule has 0 aromatic carbocycles. The molecule has 3 fully saturated rings. The molecule has 0 N–H and O–H groups in total. The molecule has 1 aromatic rings. The lowest BCUT2D eigenvalue weighted by atomic mass is 9.82. The number of hydrogen-bond acceptors (Lipinski definition) is 3. The smallest absolute Gasteiger partial charge is 0.227 e. The Balaban J connectivity index is 1.32. The largest absolute Gasteiger partial charge is 0.342 e. The highest BCUT2D eigenvalue weighted by molar-refractivity contribution is 7.08. The van der Waals surface area contributed by atoms with E-state index in [-0.39, 0.29) is 5.91 Å². The van der Waals surface area contributed by atoms with Crippen LogP contribution in [0.2, 0.25) is 0 Å². The zero-order chi connectivity index (χ0) is 18.6. The number of carbonyl (C=O) groups excluding carboxylic acids is 2. The predicted octanol–water partition coefficient (Wildman–Crippen LogP) is 4.10. The van der Waals surface area contributed by atoms with E-state index in [9.17, 15) is 9.59 Å². The van der Waals surface area contributed by atoms with E-state index in [2.05, 4.69) is 10.3 Å². The SMILES string of the molecule is O=C(Cc1ccsc1)N1CC[C@H]2[C@H](CCC(=O)N2CCC2CCCCC2)C1. The molecule has 0 radical (unpaired) electrons. The van der Waals surface area contributed by atoms with Crippen molar-refractivity contribution in [3.63, 3.8) is 0 Å². The highest BCUT2D eigenvalue weighted by Crippen LogP contribution is 2.33. The minimum Gasteiger partial charge on any atom is -0.342 e. The molecule has 1 saturated carbocycles. The van der Waals surface area contributed by atoms with E-state index in [0.29, 0.717) is 30.7 Å². The third-order valence-corrected chi connectivity index (χ3v) is 7.67. The molecule has 4 rings (SSSR count). The van der Waals surface area contributed by atoms with Crippen LogP contribution < -0.4 is 0 Å². The number of likely N-dealkylation sites (tertiary alicyclic amines) is 2. The van der Waals surface area contributed by atoms with Gasteiger partial charge in [0.25, 0.3) is 0 Å². The minimum absolute atomic E-state index is 0.248. The fourth-order valence-electron chi connectivity index (χ4n) is 5.35. The lowest BCUT2D eigenvalue weighted by Gasteiger charge is -2.47. The molecule has 0 spiro atoms. The quantitative estimate of drug-likeness (QED) is 0.762. The molecule has 2 atom stereocenters. The summed E-state index contributed by atoms with van der Waals surface area (Å²) in [4.78, 5) is 29.5. The fourth-order valence-corrected chi connectivity index (χ4v) is 6.01. The van der Waals surface area contributed by atoms with Gasteiger partial charge in [-0.25, -0.2) is 0 Å². The van der Waals surface area contributed by atoms with Crippen LogP contribution in [0.1, 0.15) is 63.4 Å². The van der Waals surface area contributed by atoms with E-state index in [1.165, 1.54) is 38.5 Å². The number of fused-ring (bicyclic) bond motifs is 1. The summed E-state index contributed by atoms with van der Waals surface area (Å²) >= 11 is 1.65. The number of thiophene rings is 1. The molecule has 148 valence electrons. The van der Waals surface area contributed by atoms with Crippen molar-refractivity contribution in [1.82, 2.24) is 9.80 Å². The van der Waals surface area contributed by atoms with Gasteiger partial charge in [0.15, 0.2) is 0 Å². The zero-order valence-electron chi connectivity index (χ0n) is 16.3. The highest BCUT2D eigenvalue weighted by Gasteiger charge is 2.40. The van der Waals surface area contributed by atoms with Crippen molar-refractivity contribution in [3.8, 4) is 0 Å². The van der Waals surface area contributed by atoms with Crippen LogP contribution in [-0.2, 0) is 16.0 Å². The molecule has 4 nitrogen and oxygen atoms in total. The Hall–Kier alpha value is -1.36. The van der Waals surface area contributed by atoms with Gasteiger partial charge in [0.2, 0.25) is 11.8 Å². The third-order valence-electron chi connectivity index (χ3n) is 6.93. The molecule has 2 amide bonds. The first kappa shape index (κ1) is 19.0. The summed E-state index contributed by atoms with van der Waals surface area (Å²) in [6.07, 6.45) is 11.1. The monoisotopic (exact) mass is 388 g/mol. The number of carbonyl (C=O) groups is 2. The van der Waals surface area contributed by atoms with Crippen molar-refractivity contribution in [2.45, 2.75) is 70.3 Å². The average molecular weight is 389 g/mol. The molecular weight excluding hydrogens is 356 g/mol. The van der Waals surface area contributed by atoms with Gasteiger partial charge in [0.1, 0.15) is 0 Å². The number of piperidine rings is 2. The lowest BCUT2D eigenvalue weighted by molar-refractivity contribution is -0.144. The Kier molecular flexibility index (Phi) is 6.16. The van der Waals surface area contributed by atoms with E-state index in [1.54, 1.807) is 11.3 Å². The Bertz CT molecular complexity index is 639. The van der Waals surface area contributed by atoms with Crippen molar-refractivity contribution in [2.75, 3.05) is 19.6 Å². The minimum atomic E-state index is 0.248. The van der Waals surface area contributed by atoms with Crippen molar-refractivity contribution in [1.29, 1.82) is 0 Å². The second kappa shape index (κ2) is 8.76.